The Balaban J connectivity index is 3.44. The fourth-order valence-electron chi connectivity index (χ4n) is 0.735. The Hall–Kier alpha value is -1.22. The molecule has 0 amide bonds. The number of rotatable bonds is 0. The first kappa shape index (κ1) is 8.87. The molecular formula is C8H2Cl2N2. The third-order valence-corrected chi connectivity index (χ3v) is 2.08. The molecule has 0 aliphatic rings. The first-order chi connectivity index (χ1) is 5.69. The van der Waals surface area contributed by atoms with Gasteiger partial charge in [0.2, 0.25) is 0 Å². The maximum Gasteiger partial charge on any atom is 0.101 e. The quantitative estimate of drug-likeness (QED) is 0.641. The van der Waals surface area contributed by atoms with Crippen LogP contribution in [0.2, 0.25) is 10.0 Å². The summed E-state index contributed by atoms with van der Waals surface area (Å²) in [6.45, 7) is 0. The van der Waals surface area contributed by atoms with E-state index in [1.165, 1.54) is 12.1 Å². The second-order valence-corrected chi connectivity index (χ2v) is 2.83. The third kappa shape index (κ3) is 1.51. The van der Waals surface area contributed by atoms with E-state index >= 15 is 0 Å². The first-order valence-electron chi connectivity index (χ1n) is 2.98. The molecule has 4 heteroatoms. The number of halogens is 2. The van der Waals surface area contributed by atoms with Crippen molar-refractivity contribution in [1.29, 1.82) is 10.5 Å². The van der Waals surface area contributed by atoms with E-state index in [1.54, 1.807) is 0 Å². The molecule has 0 bridgehead atoms. The average Bonchev–Trinajstić information content (AvgIpc) is 2.09. The molecule has 1 aromatic carbocycles. The summed E-state index contributed by atoms with van der Waals surface area (Å²) in [5.74, 6) is 0. The van der Waals surface area contributed by atoms with E-state index in [9.17, 15) is 0 Å². The number of hydrogen-bond acceptors (Lipinski definition) is 2. The lowest BCUT2D eigenvalue weighted by Crippen LogP contribution is -1.82. The zero-order valence-corrected chi connectivity index (χ0v) is 7.32. The van der Waals surface area contributed by atoms with Gasteiger partial charge in [-0.3, -0.25) is 0 Å². The molecule has 0 unspecified atom stereocenters. The molecule has 0 aromatic heterocycles. The summed E-state index contributed by atoms with van der Waals surface area (Å²) in [6.07, 6.45) is 0. The summed E-state index contributed by atoms with van der Waals surface area (Å²) in [5.41, 5.74) is 0.557. The van der Waals surface area contributed by atoms with E-state index in [0.29, 0.717) is 5.56 Å². The van der Waals surface area contributed by atoms with Gasteiger partial charge < -0.3 is 0 Å². The lowest BCUT2D eigenvalue weighted by molar-refractivity contribution is 1.45. The lowest BCUT2D eigenvalue weighted by Gasteiger charge is -1.97. The summed E-state index contributed by atoms with van der Waals surface area (Å²) in [4.78, 5) is 0. The van der Waals surface area contributed by atoms with Gasteiger partial charge in [-0.1, -0.05) is 23.2 Å². The fraction of sp³-hybridized carbons (Fsp3) is 0. The van der Waals surface area contributed by atoms with Crippen LogP contribution in [0.25, 0.3) is 0 Å². The number of nitriles is 2. The van der Waals surface area contributed by atoms with Crippen molar-refractivity contribution < 1.29 is 0 Å². The molecule has 0 spiro atoms. The van der Waals surface area contributed by atoms with Crippen LogP contribution >= 0.6 is 23.2 Å². The average molecular weight is 197 g/mol. The van der Waals surface area contributed by atoms with Crippen molar-refractivity contribution in [1.82, 2.24) is 0 Å². The second-order valence-electron chi connectivity index (χ2n) is 2.04. The summed E-state index contributed by atoms with van der Waals surface area (Å²) < 4.78 is 0. The molecule has 0 radical (unpaired) electrons. The Morgan fingerprint density at radius 3 is 2.25 bits per heavy atom. The maximum atomic E-state index is 8.56. The van der Waals surface area contributed by atoms with Crippen molar-refractivity contribution in [3.8, 4) is 12.1 Å². The number of nitrogens with zero attached hydrogens (tertiary/aromatic N) is 2. The van der Waals surface area contributed by atoms with Gasteiger partial charge in [-0.05, 0) is 12.1 Å². The van der Waals surface area contributed by atoms with Gasteiger partial charge in [-0.2, -0.15) is 10.5 Å². The van der Waals surface area contributed by atoms with Crippen molar-refractivity contribution in [2.75, 3.05) is 0 Å². The van der Waals surface area contributed by atoms with Crippen molar-refractivity contribution in [2.24, 2.45) is 0 Å². The summed E-state index contributed by atoms with van der Waals surface area (Å²) in [5, 5.41) is 17.5. The molecule has 0 fully saturated rings. The van der Waals surface area contributed by atoms with Crippen molar-refractivity contribution >= 4 is 23.2 Å². The van der Waals surface area contributed by atoms with Crippen LogP contribution in [0.15, 0.2) is 12.1 Å². The molecule has 2 nitrogen and oxygen atoms in total. The van der Waals surface area contributed by atoms with Gasteiger partial charge in [0.05, 0.1) is 27.2 Å². The van der Waals surface area contributed by atoms with Gasteiger partial charge >= 0.3 is 0 Å². The second kappa shape index (κ2) is 3.45. The van der Waals surface area contributed by atoms with Crippen LogP contribution in [0.4, 0.5) is 0 Å². The van der Waals surface area contributed by atoms with E-state index in [-0.39, 0.29) is 15.6 Å². The zero-order valence-electron chi connectivity index (χ0n) is 5.81. The highest BCUT2D eigenvalue weighted by molar-refractivity contribution is 6.42. The summed E-state index contributed by atoms with van der Waals surface area (Å²) in [7, 11) is 0. The van der Waals surface area contributed by atoms with E-state index in [4.69, 9.17) is 33.7 Å². The Morgan fingerprint density at radius 2 is 1.75 bits per heavy atom. The predicted octanol–water partition coefficient (Wildman–Crippen LogP) is 2.74. The van der Waals surface area contributed by atoms with Crippen molar-refractivity contribution in [3.05, 3.63) is 33.3 Å². The smallest absolute Gasteiger partial charge is 0.101 e. The van der Waals surface area contributed by atoms with Crippen LogP contribution in [0.5, 0.6) is 0 Å². The van der Waals surface area contributed by atoms with Crippen LogP contribution in [-0.4, -0.2) is 0 Å². The Kier molecular flexibility index (Phi) is 2.55. The third-order valence-electron chi connectivity index (χ3n) is 1.28. The highest BCUT2D eigenvalue weighted by Gasteiger charge is 2.06. The molecule has 0 saturated heterocycles. The zero-order chi connectivity index (χ0) is 9.14. The SMILES string of the molecule is N#Cc1cc(Cl)c(Cl)c(C#N)c1. The van der Waals surface area contributed by atoms with E-state index in [1.807, 2.05) is 12.1 Å². The minimum absolute atomic E-state index is 0.193. The van der Waals surface area contributed by atoms with Gasteiger partial charge in [0, 0.05) is 0 Å². The molecule has 0 aliphatic carbocycles. The molecule has 58 valence electrons. The van der Waals surface area contributed by atoms with Crippen molar-refractivity contribution in [2.45, 2.75) is 0 Å². The van der Waals surface area contributed by atoms with Crippen LogP contribution in [0.1, 0.15) is 11.1 Å². The molecule has 1 aromatic rings. The molecule has 12 heavy (non-hydrogen) atoms. The molecule has 0 aliphatic heterocycles. The molecule has 0 N–H and O–H groups in total. The molecule has 1 rings (SSSR count). The Morgan fingerprint density at radius 1 is 1.08 bits per heavy atom. The highest BCUT2D eigenvalue weighted by Crippen LogP contribution is 2.26. The first-order valence-corrected chi connectivity index (χ1v) is 3.74. The predicted molar refractivity (Wildman–Crippen MR) is 45.9 cm³/mol. The molecular weight excluding hydrogens is 195 g/mol. The Labute approximate surface area is 79.6 Å². The van der Waals surface area contributed by atoms with Gasteiger partial charge in [0.25, 0.3) is 0 Å². The summed E-state index contributed by atoms with van der Waals surface area (Å²) >= 11 is 11.3. The fourth-order valence-corrected chi connectivity index (χ4v) is 1.11. The number of benzene rings is 1. The normalized spacial score (nSPS) is 8.67. The maximum absolute atomic E-state index is 8.56. The van der Waals surface area contributed by atoms with Crippen molar-refractivity contribution in [3.63, 3.8) is 0 Å². The van der Waals surface area contributed by atoms with Crippen LogP contribution in [-0.2, 0) is 0 Å². The van der Waals surface area contributed by atoms with E-state index in [2.05, 4.69) is 0 Å². The van der Waals surface area contributed by atoms with Crippen LogP contribution in [0.3, 0.4) is 0 Å². The molecule has 0 saturated carbocycles. The van der Waals surface area contributed by atoms with Gasteiger partial charge in [0.15, 0.2) is 0 Å². The van der Waals surface area contributed by atoms with Gasteiger partial charge in [-0.15, -0.1) is 0 Å². The van der Waals surface area contributed by atoms with Crippen LogP contribution in [0, 0.1) is 22.7 Å². The highest BCUT2D eigenvalue weighted by atomic mass is 35.5. The van der Waals surface area contributed by atoms with E-state index < -0.39 is 0 Å². The Bertz CT molecular complexity index is 399. The topological polar surface area (TPSA) is 47.6 Å². The van der Waals surface area contributed by atoms with Gasteiger partial charge in [-0.25, -0.2) is 0 Å². The van der Waals surface area contributed by atoms with E-state index in [0.717, 1.165) is 0 Å². The summed E-state index contributed by atoms with van der Waals surface area (Å²) in [6, 6.07) is 6.54. The number of hydrogen-bond donors (Lipinski definition) is 0. The lowest BCUT2D eigenvalue weighted by atomic mass is 10.1. The minimum atomic E-state index is 0.193. The standard InChI is InChI=1S/C8H2Cl2N2/c9-7-2-5(3-11)1-6(4-12)8(7)10/h1-2H. The van der Waals surface area contributed by atoms with Gasteiger partial charge in [0.1, 0.15) is 6.07 Å². The monoisotopic (exact) mass is 196 g/mol. The molecule has 0 atom stereocenters. The minimum Gasteiger partial charge on any atom is -0.192 e. The van der Waals surface area contributed by atoms with Crippen LogP contribution < -0.4 is 0 Å². The molecule has 0 heterocycles. The largest absolute Gasteiger partial charge is 0.192 e.